The molecule has 152 valence electrons. The molecule has 2 N–H and O–H groups in total. The Labute approximate surface area is 173 Å². The second-order valence-corrected chi connectivity index (χ2v) is 7.23. The first-order valence-electron chi connectivity index (χ1n) is 9.91. The van der Waals surface area contributed by atoms with E-state index in [1.807, 2.05) is 56.5 Å². The van der Waals surface area contributed by atoms with Gasteiger partial charge in [0.05, 0.1) is 0 Å². The smallest absolute Gasteiger partial charge is 0.156 e. The third-order valence-electron chi connectivity index (χ3n) is 4.86. The van der Waals surface area contributed by atoms with Gasteiger partial charge in [0, 0.05) is 50.7 Å². The van der Waals surface area contributed by atoms with E-state index >= 15 is 0 Å². The standard InChI is InChI=1S/C23H30N6/c1-18(24-3)16-19(2)25-22-17-23(29-14-12-28(4)13-15-29)27-21(26-22)11-10-20-8-6-5-7-9-20/h5-11,16-17,24H,2,12-15H2,1,3-4H3,(H,25,26,27)/b11-10+,18-16-. The number of benzene rings is 1. The van der Waals surface area contributed by atoms with Gasteiger partial charge in [0.2, 0.25) is 0 Å². The van der Waals surface area contributed by atoms with Gasteiger partial charge in [-0.3, -0.25) is 0 Å². The number of hydrogen-bond donors (Lipinski definition) is 2. The molecule has 29 heavy (non-hydrogen) atoms. The van der Waals surface area contributed by atoms with E-state index in [9.17, 15) is 0 Å². The molecule has 1 fully saturated rings. The Morgan fingerprint density at radius 3 is 2.48 bits per heavy atom. The SMILES string of the molecule is C=C(/C=C(/C)NC)Nc1cc(N2CCN(C)CC2)nc(/C=C/c2ccccc2)n1. The molecule has 1 aromatic carbocycles. The van der Waals surface area contributed by atoms with Crippen LogP contribution < -0.4 is 15.5 Å². The lowest BCUT2D eigenvalue weighted by atomic mass is 10.2. The maximum atomic E-state index is 4.79. The first kappa shape index (κ1) is 20.6. The van der Waals surface area contributed by atoms with Gasteiger partial charge in [0.25, 0.3) is 0 Å². The maximum Gasteiger partial charge on any atom is 0.156 e. The van der Waals surface area contributed by atoms with Gasteiger partial charge in [0.1, 0.15) is 11.6 Å². The minimum Gasteiger partial charge on any atom is -0.392 e. The van der Waals surface area contributed by atoms with Crippen LogP contribution in [0.25, 0.3) is 12.2 Å². The average Bonchev–Trinajstić information content (AvgIpc) is 2.73. The third kappa shape index (κ3) is 6.19. The lowest BCUT2D eigenvalue weighted by Crippen LogP contribution is -2.44. The molecule has 1 saturated heterocycles. The first-order chi connectivity index (χ1) is 14.0. The van der Waals surface area contributed by atoms with Crippen molar-refractivity contribution in [2.75, 3.05) is 50.5 Å². The molecule has 2 aromatic rings. The number of nitrogens with one attached hydrogen (secondary N) is 2. The fraction of sp³-hybridized carbons (Fsp3) is 0.304. The summed E-state index contributed by atoms with van der Waals surface area (Å²) in [6.45, 7) is 10.0. The Balaban J connectivity index is 1.87. The van der Waals surface area contributed by atoms with Crippen molar-refractivity contribution in [2.45, 2.75) is 6.92 Å². The van der Waals surface area contributed by atoms with Crippen LogP contribution >= 0.6 is 0 Å². The summed E-state index contributed by atoms with van der Waals surface area (Å²) in [4.78, 5) is 14.1. The van der Waals surface area contributed by atoms with E-state index in [-0.39, 0.29) is 0 Å². The number of rotatable bonds is 7. The number of nitrogens with zero attached hydrogens (tertiary/aromatic N) is 4. The molecule has 1 aliphatic rings. The third-order valence-corrected chi connectivity index (χ3v) is 4.86. The Bertz CT molecular complexity index is 879. The molecule has 1 aromatic heterocycles. The topological polar surface area (TPSA) is 56.3 Å². The van der Waals surface area contributed by atoms with Crippen molar-refractivity contribution in [3.8, 4) is 0 Å². The number of piperazine rings is 1. The summed E-state index contributed by atoms with van der Waals surface area (Å²) in [6, 6.07) is 12.2. The minimum atomic E-state index is 0.676. The molecule has 0 atom stereocenters. The molecule has 0 spiro atoms. The van der Waals surface area contributed by atoms with Gasteiger partial charge in [-0.05, 0) is 31.7 Å². The highest BCUT2D eigenvalue weighted by Crippen LogP contribution is 2.20. The minimum absolute atomic E-state index is 0.676. The van der Waals surface area contributed by atoms with Crippen molar-refractivity contribution >= 4 is 23.8 Å². The van der Waals surface area contributed by atoms with Gasteiger partial charge in [-0.1, -0.05) is 43.0 Å². The van der Waals surface area contributed by atoms with Gasteiger partial charge < -0.3 is 20.4 Å². The summed E-state index contributed by atoms with van der Waals surface area (Å²) in [5, 5.41) is 6.40. The van der Waals surface area contributed by atoms with Crippen LogP contribution in [0, 0.1) is 0 Å². The van der Waals surface area contributed by atoms with Gasteiger partial charge in [-0.2, -0.15) is 0 Å². The van der Waals surface area contributed by atoms with E-state index in [0.29, 0.717) is 5.82 Å². The molecule has 0 amide bonds. The maximum absolute atomic E-state index is 4.79. The zero-order valence-corrected chi connectivity index (χ0v) is 17.5. The van der Waals surface area contributed by atoms with Crippen LogP contribution in [0.3, 0.4) is 0 Å². The second kappa shape index (κ2) is 9.89. The number of aromatic nitrogens is 2. The summed E-state index contributed by atoms with van der Waals surface area (Å²) in [6.07, 6.45) is 5.95. The fourth-order valence-electron chi connectivity index (χ4n) is 3.06. The van der Waals surface area contributed by atoms with Crippen LogP contribution in [-0.4, -0.2) is 55.1 Å². The Morgan fingerprint density at radius 1 is 1.07 bits per heavy atom. The van der Waals surface area contributed by atoms with Crippen molar-refractivity contribution in [1.82, 2.24) is 20.2 Å². The van der Waals surface area contributed by atoms with E-state index < -0.39 is 0 Å². The second-order valence-electron chi connectivity index (χ2n) is 7.23. The van der Waals surface area contributed by atoms with Crippen LogP contribution in [0.4, 0.5) is 11.6 Å². The summed E-state index contributed by atoms with van der Waals surface area (Å²) < 4.78 is 0. The quantitative estimate of drug-likeness (QED) is 0.707. The predicted octanol–water partition coefficient (Wildman–Crippen LogP) is 3.45. The van der Waals surface area contributed by atoms with Crippen molar-refractivity contribution in [3.05, 3.63) is 71.8 Å². The average molecular weight is 391 g/mol. The van der Waals surface area contributed by atoms with Gasteiger partial charge >= 0.3 is 0 Å². The normalized spacial score (nSPS) is 15.6. The molecule has 3 rings (SSSR count). The van der Waals surface area contributed by atoms with Crippen molar-refractivity contribution < 1.29 is 0 Å². The Morgan fingerprint density at radius 2 is 1.79 bits per heavy atom. The van der Waals surface area contributed by atoms with Crippen molar-refractivity contribution in [1.29, 1.82) is 0 Å². The van der Waals surface area contributed by atoms with Crippen LogP contribution in [0.2, 0.25) is 0 Å². The van der Waals surface area contributed by atoms with Crippen molar-refractivity contribution in [3.63, 3.8) is 0 Å². The zero-order chi connectivity index (χ0) is 20.6. The van der Waals surface area contributed by atoms with E-state index in [2.05, 4.69) is 51.2 Å². The molecule has 0 saturated carbocycles. The van der Waals surface area contributed by atoms with E-state index in [4.69, 9.17) is 4.98 Å². The Hall–Kier alpha value is -3.12. The molecule has 0 unspecified atom stereocenters. The van der Waals surface area contributed by atoms with Crippen LogP contribution in [0.5, 0.6) is 0 Å². The molecule has 0 aliphatic carbocycles. The van der Waals surface area contributed by atoms with Gasteiger partial charge in [-0.15, -0.1) is 0 Å². The van der Waals surface area contributed by atoms with E-state index in [1.54, 1.807) is 0 Å². The first-order valence-corrected chi connectivity index (χ1v) is 9.91. The molecule has 1 aliphatic heterocycles. The predicted molar refractivity (Wildman–Crippen MR) is 123 cm³/mol. The molecule has 0 bridgehead atoms. The number of hydrogen-bond acceptors (Lipinski definition) is 6. The largest absolute Gasteiger partial charge is 0.392 e. The number of likely N-dealkylation sites (N-methyl/N-ethyl adjacent to an activating group) is 1. The lowest BCUT2D eigenvalue weighted by molar-refractivity contribution is 0.312. The molecule has 6 heteroatoms. The summed E-state index contributed by atoms with van der Waals surface area (Å²) in [7, 11) is 4.04. The highest BCUT2D eigenvalue weighted by molar-refractivity contribution is 5.68. The molecular weight excluding hydrogens is 360 g/mol. The number of anilines is 2. The summed E-state index contributed by atoms with van der Waals surface area (Å²) in [5.74, 6) is 2.35. The monoisotopic (exact) mass is 390 g/mol. The lowest BCUT2D eigenvalue weighted by Gasteiger charge is -2.33. The van der Waals surface area contributed by atoms with E-state index in [0.717, 1.165) is 54.8 Å². The molecule has 2 heterocycles. The zero-order valence-electron chi connectivity index (χ0n) is 17.5. The highest BCUT2D eigenvalue weighted by Gasteiger charge is 2.17. The van der Waals surface area contributed by atoms with E-state index in [1.165, 1.54) is 0 Å². The highest BCUT2D eigenvalue weighted by atomic mass is 15.3. The Kier molecular flexibility index (Phi) is 7.03. The van der Waals surface area contributed by atoms with Crippen LogP contribution in [0.1, 0.15) is 18.3 Å². The van der Waals surface area contributed by atoms with Crippen molar-refractivity contribution in [2.24, 2.45) is 0 Å². The summed E-state index contributed by atoms with van der Waals surface area (Å²) in [5.41, 5.74) is 2.92. The van der Waals surface area contributed by atoms with Crippen LogP contribution in [0.15, 0.2) is 60.4 Å². The molecule has 6 nitrogen and oxygen atoms in total. The summed E-state index contributed by atoms with van der Waals surface area (Å²) >= 11 is 0. The molecular formula is C23H30N6. The number of allylic oxidation sites excluding steroid dienone is 2. The molecule has 0 radical (unpaired) electrons. The van der Waals surface area contributed by atoms with Crippen LogP contribution in [-0.2, 0) is 0 Å². The fourth-order valence-corrected chi connectivity index (χ4v) is 3.06. The van der Waals surface area contributed by atoms with Gasteiger partial charge in [0.15, 0.2) is 5.82 Å². The van der Waals surface area contributed by atoms with Gasteiger partial charge in [-0.25, -0.2) is 9.97 Å².